The van der Waals surface area contributed by atoms with E-state index < -0.39 is 23.9 Å². The molecule has 4 N–H and O–H groups in total. The molecular weight excluding hydrogens is 468 g/mol. The maximum absolute atomic E-state index is 12.8. The van der Waals surface area contributed by atoms with Crippen molar-refractivity contribution in [1.82, 2.24) is 5.32 Å². The zero-order chi connectivity index (χ0) is 25.2. The predicted octanol–water partition coefficient (Wildman–Crippen LogP) is 3.96. The Balaban J connectivity index is 1.58. The monoisotopic (exact) mass is 494 g/mol. The predicted molar refractivity (Wildman–Crippen MR) is 133 cm³/mol. The van der Waals surface area contributed by atoms with Gasteiger partial charge in [-0.25, -0.2) is 0 Å². The van der Waals surface area contributed by atoms with Crippen molar-refractivity contribution >= 4 is 40.8 Å². The molecule has 2 amide bonds. The van der Waals surface area contributed by atoms with E-state index in [1.807, 2.05) is 41.8 Å². The highest BCUT2D eigenvalue weighted by Gasteiger charge is 2.22. The zero-order valence-electron chi connectivity index (χ0n) is 18.9. The molecule has 9 heteroatoms. The Morgan fingerprint density at radius 3 is 2.29 bits per heavy atom. The fraction of sp³-hybridized carbons (Fsp3) is 0.231. The molecule has 3 rings (SSSR count). The molecule has 0 aliphatic carbocycles. The molecule has 35 heavy (non-hydrogen) atoms. The lowest BCUT2D eigenvalue weighted by Gasteiger charge is -2.18. The second kappa shape index (κ2) is 12.5. The van der Waals surface area contributed by atoms with Crippen LogP contribution >= 0.6 is 11.3 Å². The Labute approximate surface area is 206 Å². The molecule has 1 aromatic heterocycles. The molecule has 8 nitrogen and oxygen atoms in total. The molecule has 0 aliphatic heterocycles. The van der Waals surface area contributed by atoms with Crippen LogP contribution in [-0.4, -0.2) is 40.0 Å². The van der Waals surface area contributed by atoms with Gasteiger partial charge in [-0.15, -0.1) is 11.3 Å². The average Bonchev–Trinajstić information content (AvgIpc) is 3.35. The summed E-state index contributed by atoms with van der Waals surface area (Å²) < 4.78 is 0. The molecule has 0 radical (unpaired) electrons. The van der Waals surface area contributed by atoms with Gasteiger partial charge in [-0.1, -0.05) is 42.5 Å². The second-order valence-electron chi connectivity index (χ2n) is 7.99. The molecule has 0 spiro atoms. The van der Waals surface area contributed by atoms with Crippen LogP contribution in [-0.2, 0) is 32.0 Å². The van der Waals surface area contributed by atoms with Crippen molar-refractivity contribution in [3.8, 4) is 10.4 Å². The van der Waals surface area contributed by atoms with Crippen molar-refractivity contribution in [2.24, 2.45) is 0 Å². The van der Waals surface area contributed by atoms with Gasteiger partial charge in [0.05, 0.1) is 6.42 Å². The van der Waals surface area contributed by atoms with Gasteiger partial charge in [0.1, 0.15) is 6.04 Å². The molecule has 0 aliphatic rings. The summed E-state index contributed by atoms with van der Waals surface area (Å²) in [6, 6.07) is 17.3. The lowest BCUT2D eigenvalue weighted by molar-refractivity contribution is -0.138. The maximum Gasteiger partial charge on any atom is 0.307 e. The zero-order valence-corrected chi connectivity index (χ0v) is 19.7. The number of hydrogen-bond donors (Lipinski definition) is 4. The minimum atomic E-state index is -1.08. The number of carbonyl (C=O) groups excluding carboxylic acids is 2. The third kappa shape index (κ3) is 8.38. The molecule has 1 atom stereocenters. The number of amides is 2. The third-order valence-corrected chi connectivity index (χ3v) is 6.17. The van der Waals surface area contributed by atoms with Gasteiger partial charge in [0.15, 0.2) is 0 Å². The van der Waals surface area contributed by atoms with Crippen LogP contribution in [0.2, 0.25) is 0 Å². The minimum absolute atomic E-state index is 0.0722. The molecule has 182 valence electrons. The van der Waals surface area contributed by atoms with E-state index in [2.05, 4.69) is 10.6 Å². The van der Waals surface area contributed by atoms with Crippen LogP contribution in [0.25, 0.3) is 10.4 Å². The number of thiophene rings is 1. The van der Waals surface area contributed by atoms with E-state index in [1.165, 1.54) is 6.07 Å². The van der Waals surface area contributed by atoms with Crippen LogP contribution < -0.4 is 10.6 Å². The number of aryl methyl sites for hydroxylation is 1. The number of carbonyl (C=O) groups is 4. The minimum Gasteiger partial charge on any atom is -0.481 e. The average molecular weight is 495 g/mol. The topological polar surface area (TPSA) is 133 Å². The smallest absolute Gasteiger partial charge is 0.307 e. The first-order valence-corrected chi connectivity index (χ1v) is 11.9. The van der Waals surface area contributed by atoms with Gasteiger partial charge < -0.3 is 20.8 Å². The molecule has 3 aromatic rings. The normalized spacial score (nSPS) is 11.4. The van der Waals surface area contributed by atoms with E-state index >= 15 is 0 Å². The number of rotatable bonds is 12. The van der Waals surface area contributed by atoms with Gasteiger partial charge >= 0.3 is 11.9 Å². The van der Waals surface area contributed by atoms with E-state index in [-0.39, 0.29) is 31.6 Å². The largest absolute Gasteiger partial charge is 0.481 e. The van der Waals surface area contributed by atoms with Crippen LogP contribution in [0.3, 0.4) is 0 Å². The lowest BCUT2D eigenvalue weighted by atomic mass is 10.1. The number of anilines is 1. The number of nitrogens with one attached hydrogen (secondary N) is 2. The lowest BCUT2D eigenvalue weighted by Crippen LogP contribution is -2.44. The van der Waals surface area contributed by atoms with Crippen molar-refractivity contribution in [3.05, 3.63) is 77.2 Å². The number of benzene rings is 2. The summed E-state index contributed by atoms with van der Waals surface area (Å²) >= 11 is 1.65. The van der Waals surface area contributed by atoms with Crippen LogP contribution in [0.1, 0.15) is 30.4 Å². The number of carboxylic acids is 2. The highest BCUT2D eigenvalue weighted by atomic mass is 32.1. The fourth-order valence-electron chi connectivity index (χ4n) is 3.50. The van der Waals surface area contributed by atoms with Gasteiger partial charge in [0, 0.05) is 23.4 Å². The molecular formula is C26H26N2O6S. The van der Waals surface area contributed by atoms with Gasteiger partial charge in [0.2, 0.25) is 11.8 Å². The van der Waals surface area contributed by atoms with Crippen molar-refractivity contribution in [2.45, 2.75) is 38.1 Å². The Kier molecular flexibility index (Phi) is 9.14. The summed E-state index contributed by atoms with van der Waals surface area (Å²) in [7, 11) is 0. The first-order chi connectivity index (χ1) is 16.8. The molecule has 2 aromatic carbocycles. The number of carboxylic acid groups (broad SMARTS) is 2. The van der Waals surface area contributed by atoms with Crippen LogP contribution in [0, 0.1) is 0 Å². The van der Waals surface area contributed by atoms with E-state index in [1.54, 1.807) is 29.5 Å². The highest BCUT2D eigenvalue weighted by molar-refractivity contribution is 7.13. The van der Waals surface area contributed by atoms with Crippen molar-refractivity contribution in [2.75, 3.05) is 5.32 Å². The van der Waals surface area contributed by atoms with Crippen LogP contribution in [0.15, 0.2) is 66.0 Å². The number of hydrogen-bond acceptors (Lipinski definition) is 5. The van der Waals surface area contributed by atoms with E-state index in [0.29, 0.717) is 17.7 Å². The fourth-order valence-corrected chi connectivity index (χ4v) is 4.24. The van der Waals surface area contributed by atoms with Gasteiger partial charge in [0.25, 0.3) is 0 Å². The van der Waals surface area contributed by atoms with Crippen molar-refractivity contribution < 1.29 is 29.4 Å². The summed E-state index contributed by atoms with van der Waals surface area (Å²) in [5.74, 6) is -3.00. The van der Waals surface area contributed by atoms with Crippen molar-refractivity contribution in [3.63, 3.8) is 0 Å². The summed E-state index contributed by atoms with van der Waals surface area (Å²) in [5, 5.41) is 25.3. The maximum atomic E-state index is 12.8. The Hall–Kier alpha value is -3.98. The van der Waals surface area contributed by atoms with E-state index in [9.17, 15) is 19.2 Å². The molecule has 0 bridgehead atoms. The SMILES string of the molecule is O=C(O)CC[C@H](NC(=O)CCc1ccc(-c2cccs2)cc1)C(=O)Nc1cccc(CC(=O)O)c1. The number of aliphatic carboxylic acids is 2. The first-order valence-electron chi connectivity index (χ1n) is 11.1. The Morgan fingerprint density at radius 2 is 1.63 bits per heavy atom. The van der Waals surface area contributed by atoms with Crippen LogP contribution in [0.5, 0.6) is 0 Å². The van der Waals surface area contributed by atoms with Crippen molar-refractivity contribution in [1.29, 1.82) is 0 Å². The standard InChI is InChI=1S/C26H26N2O6S/c29-23(12-8-17-6-9-19(10-7-17)22-5-2-14-35-22)28-21(11-13-24(30)31)26(34)27-20-4-1-3-18(15-20)16-25(32)33/h1-7,9-10,14-15,21H,8,11-13,16H2,(H,27,34)(H,28,29)(H,30,31)(H,32,33)/t21-/m0/s1. The summed E-state index contributed by atoms with van der Waals surface area (Å²) in [6.07, 6.45) is 0.0559. The molecule has 0 saturated heterocycles. The van der Waals surface area contributed by atoms with Gasteiger partial charge in [-0.05, 0) is 53.1 Å². The molecule has 1 heterocycles. The quantitative estimate of drug-likeness (QED) is 0.301. The van der Waals surface area contributed by atoms with E-state index in [4.69, 9.17) is 10.2 Å². The molecule has 0 fully saturated rings. The van der Waals surface area contributed by atoms with Gasteiger partial charge in [-0.3, -0.25) is 19.2 Å². The van der Waals surface area contributed by atoms with Gasteiger partial charge in [-0.2, -0.15) is 0 Å². The summed E-state index contributed by atoms with van der Waals surface area (Å²) in [6.45, 7) is 0. The third-order valence-electron chi connectivity index (χ3n) is 5.25. The highest BCUT2D eigenvalue weighted by Crippen LogP contribution is 2.25. The van der Waals surface area contributed by atoms with E-state index in [0.717, 1.165) is 16.0 Å². The molecule has 0 unspecified atom stereocenters. The molecule has 0 saturated carbocycles. The van der Waals surface area contributed by atoms with Crippen LogP contribution in [0.4, 0.5) is 5.69 Å². The second-order valence-corrected chi connectivity index (χ2v) is 8.93. The summed E-state index contributed by atoms with van der Waals surface area (Å²) in [5.41, 5.74) is 2.95. The Bertz CT molecular complexity index is 1170. The first kappa shape index (κ1) is 25.6. The Morgan fingerprint density at radius 1 is 0.857 bits per heavy atom. The summed E-state index contributed by atoms with van der Waals surface area (Å²) in [4.78, 5) is 48.5.